The van der Waals surface area contributed by atoms with Crippen LogP contribution in [0.25, 0.3) is 0 Å². The maximum Gasteiger partial charge on any atom is 0.276 e. The van der Waals surface area contributed by atoms with E-state index in [-0.39, 0.29) is 18.9 Å². The van der Waals surface area contributed by atoms with Crippen molar-refractivity contribution in [1.82, 2.24) is 10.9 Å². The van der Waals surface area contributed by atoms with Gasteiger partial charge in [0.15, 0.2) is 6.61 Å². The lowest BCUT2D eigenvalue weighted by molar-refractivity contribution is -0.130. The minimum Gasteiger partial charge on any atom is -0.483 e. The van der Waals surface area contributed by atoms with Crippen LogP contribution < -0.4 is 15.6 Å². The van der Waals surface area contributed by atoms with Gasteiger partial charge in [0, 0.05) is 6.42 Å². The molecule has 0 radical (unpaired) electrons. The van der Waals surface area contributed by atoms with Crippen molar-refractivity contribution in [2.75, 3.05) is 6.61 Å². The Hall–Kier alpha value is -3.33. The molecule has 0 aromatic heterocycles. The quantitative estimate of drug-likeness (QED) is 0.749. The number of nitrogens with one attached hydrogen (secondary N) is 2. The van der Waals surface area contributed by atoms with Crippen molar-refractivity contribution in [2.45, 2.75) is 26.2 Å². The first-order valence-corrected chi connectivity index (χ1v) is 8.39. The molecule has 2 aromatic carbocycles. The molecule has 0 atom stereocenters. The third-order valence-corrected chi connectivity index (χ3v) is 3.78. The maximum atomic E-state index is 11.8. The number of para-hydroxylation sites is 1. The highest BCUT2D eigenvalue weighted by molar-refractivity contribution is 5.82. The lowest BCUT2D eigenvalue weighted by atomic mass is 10.1. The summed E-state index contributed by atoms with van der Waals surface area (Å²) in [5, 5.41) is 8.75. The number of amides is 2. The Morgan fingerprint density at radius 1 is 1.04 bits per heavy atom. The monoisotopic (exact) mass is 351 g/mol. The van der Waals surface area contributed by atoms with Crippen LogP contribution >= 0.6 is 0 Å². The lowest BCUT2D eigenvalue weighted by Gasteiger charge is -2.11. The molecule has 0 aliphatic rings. The van der Waals surface area contributed by atoms with E-state index in [0.717, 1.165) is 17.5 Å². The second-order valence-electron chi connectivity index (χ2n) is 5.66. The molecule has 6 nitrogen and oxygen atoms in total. The van der Waals surface area contributed by atoms with Crippen molar-refractivity contribution in [1.29, 1.82) is 5.26 Å². The summed E-state index contributed by atoms with van der Waals surface area (Å²) < 4.78 is 5.48. The van der Waals surface area contributed by atoms with Gasteiger partial charge in [-0.3, -0.25) is 20.4 Å². The van der Waals surface area contributed by atoms with Gasteiger partial charge in [-0.2, -0.15) is 5.26 Å². The summed E-state index contributed by atoms with van der Waals surface area (Å²) in [7, 11) is 0. The highest BCUT2D eigenvalue weighted by atomic mass is 16.5. The van der Waals surface area contributed by atoms with E-state index >= 15 is 0 Å². The fourth-order valence-electron chi connectivity index (χ4n) is 2.32. The van der Waals surface area contributed by atoms with Gasteiger partial charge in [0.2, 0.25) is 5.91 Å². The van der Waals surface area contributed by atoms with Crippen molar-refractivity contribution < 1.29 is 14.3 Å². The van der Waals surface area contributed by atoms with Crippen LogP contribution in [0.1, 0.15) is 30.0 Å². The van der Waals surface area contributed by atoms with Crippen LogP contribution in [0.5, 0.6) is 5.75 Å². The molecule has 2 N–H and O–H groups in total. The Bertz CT molecular complexity index is 795. The fourth-order valence-corrected chi connectivity index (χ4v) is 2.32. The van der Waals surface area contributed by atoms with E-state index in [1.54, 1.807) is 12.1 Å². The molecule has 26 heavy (non-hydrogen) atoms. The number of hydrogen-bond donors (Lipinski definition) is 2. The molecule has 0 bridgehead atoms. The summed E-state index contributed by atoms with van der Waals surface area (Å²) in [5.74, 6) is -0.0587. The molecule has 0 saturated carbocycles. The molecule has 0 heterocycles. The normalized spacial score (nSPS) is 9.85. The van der Waals surface area contributed by atoms with Gasteiger partial charge in [0.1, 0.15) is 5.75 Å². The Morgan fingerprint density at radius 2 is 1.73 bits per heavy atom. The van der Waals surface area contributed by atoms with E-state index in [0.29, 0.717) is 17.7 Å². The smallest absolute Gasteiger partial charge is 0.276 e. The van der Waals surface area contributed by atoms with Crippen LogP contribution in [-0.2, 0) is 22.4 Å². The first kappa shape index (κ1) is 19.0. The molecule has 0 fully saturated rings. The number of aryl methyl sites for hydroxylation is 2. The van der Waals surface area contributed by atoms with Crippen molar-refractivity contribution >= 4 is 11.8 Å². The number of rotatable bonds is 7. The predicted octanol–water partition coefficient (Wildman–Crippen LogP) is 2.28. The Kier molecular flexibility index (Phi) is 7.19. The van der Waals surface area contributed by atoms with E-state index in [1.807, 2.05) is 49.4 Å². The summed E-state index contributed by atoms with van der Waals surface area (Å²) in [5.41, 5.74) is 7.26. The third kappa shape index (κ3) is 5.95. The average Bonchev–Trinajstić information content (AvgIpc) is 2.69. The van der Waals surface area contributed by atoms with Gasteiger partial charge in [0.05, 0.1) is 11.6 Å². The number of nitriles is 1. The first-order chi connectivity index (χ1) is 12.6. The predicted molar refractivity (Wildman–Crippen MR) is 97.1 cm³/mol. The van der Waals surface area contributed by atoms with Gasteiger partial charge >= 0.3 is 0 Å². The molecule has 2 rings (SSSR count). The van der Waals surface area contributed by atoms with Crippen LogP contribution in [0.2, 0.25) is 0 Å². The Balaban J connectivity index is 1.69. The van der Waals surface area contributed by atoms with Crippen molar-refractivity contribution in [2.24, 2.45) is 0 Å². The first-order valence-electron chi connectivity index (χ1n) is 8.39. The van der Waals surface area contributed by atoms with E-state index in [2.05, 4.69) is 10.9 Å². The van der Waals surface area contributed by atoms with E-state index in [1.165, 1.54) is 0 Å². The standard InChI is InChI=1S/C20H21N3O3/c1-2-17-5-3-4-6-18(17)26-14-20(25)23-22-19(24)12-11-15-7-9-16(13-21)10-8-15/h3-10H,2,11-12,14H2,1H3,(H,22,24)(H,23,25). The number of ether oxygens (including phenoxy) is 1. The summed E-state index contributed by atoms with van der Waals surface area (Å²) >= 11 is 0. The van der Waals surface area contributed by atoms with Crippen molar-refractivity contribution in [3.8, 4) is 11.8 Å². The van der Waals surface area contributed by atoms with Gasteiger partial charge in [-0.25, -0.2) is 0 Å². The molecular weight excluding hydrogens is 330 g/mol. The highest BCUT2D eigenvalue weighted by Gasteiger charge is 2.07. The van der Waals surface area contributed by atoms with Crippen molar-refractivity contribution in [3.63, 3.8) is 0 Å². The van der Waals surface area contributed by atoms with E-state index in [9.17, 15) is 9.59 Å². The van der Waals surface area contributed by atoms with Gasteiger partial charge in [0.25, 0.3) is 5.91 Å². The Labute approximate surface area is 152 Å². The summed E-state index contributed by atoms with van der Waals surface area (Å²) in [6.45, 7) is 1.84. The lowest BCUT2D eigenvalue weighted by Crippen LogP contribution is -2.43. The van der Waals surface area contributed by atoms with Gasteiger partial charge in [-0.15, -0.1) is 0 Å². The number of carbonyl (C=O) groups is 2. The molecule has 0 saturated heterocycles. The number of hydrogen-bond acceptors (Lipinski definition) is 4. The number of carbonyl (C=O) groups excluding carboxylic acids is 2. The minimum atomic E-state index is -0.428. The molecular formula is C20H21N3O3. The second-order valence-corrected chi connectivity index (χ2v) is 5.66. The number of benzene rings is 2. The van der Waals surface area contributed by atoms with Crippen LogP contribution in [0.4, 0.5) is 0 Å². The van der Waals surface area contributed by atoms with Gasteiger partial charge < -0.3 is 4.74 Å². The molecule has 0 spiro atoms. The SMILES string of the molecule is CCc1ccccc1OCC(=O)NNC(=O)CCc1ccc(C#N)cc1. The topological polar surface area (TPSA) is 91.2 Å². The van der Waals surface area contributed by atoms with Crippen LogP contribution in [-0.4, -0.2) is 18.4 Å². The van der Waals surface area contributed by atoms with Gasteiger partial charge in [-0.05, 0) is 42.2 Å². The summed E-state index contributed by atoms with van der Waals surface area (Å²) in [4.78, 5) is 23.6. The molecule has 0 unspecified atom stereocenters. The summed E-state index contributed by atoms with van der Waals surface area (Å²) in [6.07, 6.45) is 1.56. The Morgan fingerprint density at radius 3 is 2.42 bits per heavy atom. The molecule has 0 aliphatic heterocycles. The van der Waals surface area contributed by atoms with Crippen LogP contribution in [0.15, 0.2) is 48.5 Å². The second kappa shape index (κ2) is 9.84. The van der Waals surface area contributed by atoms with E-state index in [4.69, 9.17) is 10.00 Å². The fraction of sp³-hybridized carbons (Fsp3) is 0.250. The molecule has 134 valence electrons. The molecule has 0 aliphatic carbocycles. The average molecular weight is 351 g/mol. The molecule has 2 amide bonds. The zero-order valence-electron chi connectivity index (χ0n) is 14.6. The molecule has 6 heteroatoms. The van der Waals surface area contributed by atoms with Crippen LogP contribution in [0.3, 0.4) is 0 Å². The highest BCUT2D eigenvalue weighted by Crippen LogP contribution is 2.17. The zero-order chi connectivity index (χ0) is 18.8. The molecule has 2 aromatic rings. The van der Waals surface area contributed by atoms with Crippen LogP contribution in [0, 0.1) is 11.3 Å². The minimum absolute atomic E-state index is 0.174. The zero-order valence-corrected chi connectivity index (χ0v) is 14.6. The van der Waals surface area contributed by atoms with Crippen molar-refractivity contribution in [3.05, 3.63) is 65.2 Å². The van der Waals surface area contributed by atoms with Gasteiger partial charge in [-0.1, -0.05) is 37.3 Å². The summed E-state index contributed by atoms with van der Waals surface area (Å²) in [6, 6.07) is 16.6. The number of nitrogens with zero attached hydrogens (tertiary/aromatic N) is 1. The maximum absolute atomic E-state index is 11.8. The third-order valence-electron chi connectivity index (χ3n) is 3.78. The number of hydrazine groups is 1. The largest absolute Gasteiger partial charge is 0.483 e. The van der Waals surface area contributed by atoms with E-state index < -0.39 is 5.91 Å².